The summed E-state index contributed by atoms with van der Waals surface area (Å²) in [4.78, 5) is 11.6. The molecule has 0 aliphatic heterocycles. The number of carbonyl (C=O) groups is 1. The molecule has 0 fully saturated rings. The Labute approximate surface area is 97.0 Å². The maximum Gasteiger partial charge on any atom is 0.224 e. The summed E-state index contributed by atoms with van der Waals surface area (Å²) in [5.74, 6) is 0.0714. The molecule has 0 atom stereocenters. The Morgan fingerprint density at radius 3 is 2.75 bits per heavy atom. The minimum absolute atomic E-state index is 0.0714. The highest BCUT2D eigenvalue weighted by molar-refractivity contribution is 5.91. The fourth-order valence-electron chi connectivity index (χ4n) is 1.53. The van der Waals surface area contributed by atoms with Gasteiger partial charge in [-0.2, -0.15) is 0 Å². The lowest BCUT2D eigenvalue weighted by Gasteiger charge is -2.10. The van der Waals surface area contributed by atoms with Crippen LogP contribution in [0.25, 0.3) is 0 Å². The van der Waals surface area contributed by atoms with Crippen molar-refractivity contribution in [2.45, 2.75) is 33.1 Å². The third-order valence-corrected chi connectivity index (χ3v) is 2.74. The summed E-state index contributed by atoms with van der Waals surface area (Å²) < 4.78 is 0. The number of benzene rings is 1. The van der Waals surface area contributed by atoms with Gasteiger partial charge < -0.3 is 11.1 Å². The zero-order valence-electron chi connectivity index (χ0n) is 10.0. The maximum absolute atomic E-state index is 11.6. The van der Waals surface area contributed by atoms with Crippen LogP contribution in [0.5, 0.6) is 0 Å². The quantitative estimate of drug-likeness (QED) is 0.748. The van der Waals surface area contributed by atoms with Crippen molar-refractivity contribution in [1.29, 1.82) is 0 Å². The number of carbonyl (C=O) groups excluding carboxylic acids is 1. The van der Waals surface area contributed by atoms with Crippen molar-refractivity contribution in [3.05, 3.63) is 29.3 Å². The monoisotopic (exact) mass is 220 g/mol. The Morgan fingerprint density at radius 2 is 2.06 bits per heavy atom. The second-order valence-corrected chi connectivity index (χ2v) is 4.04. The van der Waals surface area contributed by atoms with Crippen molar-refractivity contribution in [3.8, 4) is 0 Å². The van der Waals surface area contributed by atoms with Gasteiger partial charge in [0.25, 0.3) is 0 Å². The molecule has 0 saturated heterocycles. The highest BCUT2D eigenvalue weighted by atomic mass is 16.1. The molecule has 0 heterocycles. The van der Waals surface area contributed by atoms with Crippen LogP contribution in [0.15, 0.2) is 18.2 Å². The van der Waals surface area contributed by atoms with E-state index >= 15 is 0 Å². The van der Waals surface area contributed by atoms with Crippen LogP contribution in [0.2, 0.25) is 0 Å². The molecule has 0 unspecified atom stereocenters. The molecule has 0 bridgehead atoms. The van der Waals surface area contributed by atoms with Crippen molar-refractivity contribution in [2.24, 2.45) is 5.73 Å². The van der Waals surface area contributed by atoms with Crippen molar-refractivity contribution in [1.82, 2.24) is 0 Å². The van der Waals surface area contributed by atoms with Crippen LogP contribution in [0.3, 0.4) is 0 Å². The molecule has 1 rings (SSSR count). The molecule has 16 heavy (non-hydrogen) atoms. The number of hydrogen-bond acceptors (Lipinski definition) is 2. The minimum Gasteiger partial charge on any atom is -0.330 e. The zero-order chi connectivity index (χ0) is 12.0. The van der Waals surface area contributed by atoms with Crippen molar-refractivity contribution in [2.75, 3.05) is 11.9 Å². The fourth-order valence-corrected chi connectivity index (χ4v) is 1.53. The SMILES string of the molecule is Cc1cccc(NC(=O)CCCCN)c1C. The highest BCUT2D eigenvalue weighted by Gasteiger charge is 2.05. The van der Waals surface area contributed by atoms with Gasteiger partial charge in [0.15, 0.2) is 0 Å². The summed E-state index contributed by atoms with van der Waals surface area (Å²) in [6.45, 7) is 4.71. The molecule has 0 radical (unpaired) electrons. The number of amides is 1. The number of aryl methyl sites for hydroxylation is 1. The normalized spacial score (nSPS) is 10.2. The first-order chi connectivity index (χ1) is 7.65. The van der Waals surface area contributed by atoms with E-state index in [9.17, 15) is 4.79 Å². The number of anilines is 1. The van der Waals surface area contributed by atoms with E-state index in [2.05, 4.69) is 5.32 Å². The van der Waals surface area contributed by atoms with Crippen LogP contribution in [-0.2, 0) is 4.79 Å². The molecule has 0 aliphatic rings. The van der Waals surface area contributed by atoms with Gasteiger partial charge >= 0.3 is 0 Å². The largest absolute Gasteiger partial charge is 0.330 e. The lowest BCUT2D eigenvalue weighted by atomic mass is 10.1. The van der Waals surface area contributed by atoms with E-state index in [1.54, 1.807) is 0 Å². The van der Waals surface area contributed by atoms with Crippen LogP contribution in [-0.4, -0.2) is 12.5 Å². The second-order valence-electron chi connectivity index (χ2n) is 4.04. The molecule has 0 aromatic heterocycles. The molecule has 3 N–H and O–H groups in total. The first-order valence-corrected chi connectivity index (χ1v) is 5.71. The lowest BCUT2D eigenvalue weighted by molar-refractivity contribution is -0.116. The van der Waals surface area contributed by atoms with E-state index < -0.39 is 0 Å². The van der Waals surface area contributed by atoms with Crippen LogP contribution in [0.1, 0.15) is 30.4 Å². The molecule has 0 spiro atoms. The number of nitrogens with one attached hydrogen (secondary N) is 1. The summed E-state index contributed by atoms with van der Waals surface area (Å²) in [6.07, 6.45) is 2.30. The van der Waals surface area contributed by atoms with Gasteiger partial charge in [0.05, 0.1) is 0 Å². The van der Waals surface area contributed by atoms with Crippen LogP contribution < -0.4 is 11.1 Å². The van der Waals surface area contributed by atoms with Crippen molar-refractivity contribution < 1.29 is 4.79 Å². The first-order valence-electron chi connectivity index (χ1n) is 5.71. The summed E-state index contributed by atoms with van der Waals surface area (Å²) in [6, 6.07) is 5.93. The summed E-state index contributed by atoms with van der Waals surface area (Å²) >= 11 is 0. The molecule has 1 aromatic rings. The van der Waals surface area contributed by atoms with Crippen LogP contribution in [0.4, 0.5) is 5.69 Å². The Kier molecular flexibility index (Phi) is 4.99. The van der Waals surface area contributed by atoms with Crippen molar-refractivity contribution >= 4 is 11.6 Å². The standard InChI is InChI=1S/C13H20N2O/c1-10-6-5-7-12(11(10)2)15-13(16)8-3-4-9-14/h5-7H,3-4,8-9,14H2,1-2H3,(H,15,16). The Balaban J connectivity index is 2.53. The molecule has 0 saturated carbocycles. The van der Waals surface area contributed by atoms with Gasteiger partial charge in [-0.25, -0.2) is 0 Å². The highest BCUT2D eigenvalue weighted by Crippen LogP contribution is 2.18. The van der Waals surface area contributed by atoms with E-state index in [1.807, 2.05) is 32.0 Å². The molecule has 1 amide bonds. The summed E-state index contributed by atoms with van der Waals surface area (Å²) in [5.41, 5.74) is 8.62. The van der Waals surface area contributed by atoms with Gasteiger partial charge in [-0.3, -0.25) is 4.79 Å². The van der Waals surface area contributed by atoms with E-state index in [-0.39, 0.29) is 5.91 Å². The number of hydrogen-bond donors (Lipinski definition) is 2. The Hall–Kier alpha value is -1.35. The van der Waals surface area contributed by atoms with Crippen molar-refractivity contribution in [3.63, 3.8) is 0 Å². The smallest absolute Gasteiger partial charge is 0.224 e. The fraction of sp³-hybridized carbons (Fsp3) is 0.462. The zero-order valence-corrected chi connectivity index (χ0v) is 10.0. The Morgan fingerprint density at radius 1 is 1.31 bits per heavy atom. The maximum atomic E-state index is 11.6. The van der Waals surface area contributed by atoms with E-state index in [0.717, 1.165) is 24.1 Å². The van der Waals surface area contributed by atoms with Gasteiger partial charge in [0.2, 0.25) is 5.91 Å². The number of nitrogens with two attached hydrogens (primary N) is 1. The predicted molar refractivity (Wildman–Crippen MR) is 67.5 cm³/mol. The lowest BCUT2D eigenvalue weighted by Crippen LogP contribution is -2.13. The molecular weight excluding hydrogens is 200 g/mol. The average Bonchev–Trinajstić information content (AvgIpc) is 2.25. The van der Waals surface area contributed by atoms with Gasteiger partial charge in [-0.05, 0) is 50.4 Å². The summed E-state index contributed by atoms with van der Waals surface area (Å²) in [5, 5.41) is 2.93. The van der Waals surface area contributed by atoms with E-state index in [0.29, 0.717) is 13.0 Å². The van der Waals surface area contributed by atoms with Gasteiger partial charge in [-0.1, -0.05) is 12.1 Å². The molecule has 3 nitrogen and oxygen atoms in total. The number of unbranched alkanes of at least 4 members (excludes halogenated alkanes) is 1. The Bertz CT molecular complexity index is 361. The van der Waals surface area contributed by atoms with E-state index in [4.69, 9.17) is 5.73 Å². The molecule has 3 heteroatoms. The molecule has 0 aliphatic carbocycles. The molecule has 1 aromatic carbocycles. The van der Waals surface area contributed by atoms with Crippen LogP contribution in [0, 0.1) is 13.8 Å². The number of rotatable bonds is 5. The predicted octanol–water partition coefficient (Wildman–Crippen LogP) is 2.37. The minimum atomic E-state index is 0.0714. The molecule has 88 valence electrons. The second kappa shape index (κ2) is 6.28. The topological polar surface area (TPSA) is 55.1 Å². The summed E-state index contributed by atoms with van der Waals surface area (Å²) in [7, 11) is 0. The third-order valence-electron chi connectivity index (χ3n) is 2.74. The van der Waals surface area contributed by atoms with Gasteiger partial charge in [0, 0.05) is 12.1 Å². The molecular formula is C13H20N2O. The van der Waals surface area contributed by atoms with Gasteiger partial charge in [0.1, 0.15) is 0 Å². The third kappa shape index (κ3) is 3.66. The van der Waals surface area contributed by atoms with Gasteiger partial charge in [-0.15, -0.1) is 0 Å². The van der Waals surface area contributed by atoms with Crippen LogP contribution >= 0.6 is 0 Å². The van der Waals surface area contributed by atoms with E-state index in [1.165, 1.54) is 5.56 Å². The first kappa shape index (κ1) is 12.7. The average molecular weight is 220 g/mol.